The summed E-state index contributed by atoms with van der Waals surface area (Å²) in [4.78, 5) is 10.6. The monoisotopic (exact) mass is 225 g/mol. The number of carbonyl (C=O) groups is 1. The van der Waals surface area contributed by atoms with Crippen LogP contribution in [0.1, 0.15) is 17.2 Å². The molecule has 0 aliphatic carbocycles. The number of aliphatic carboxylic acids is 1. The first-order valence-electron chi connectivity index (χ1n) is 4.78. The van der Waals surface area contributed by atoms with Crippen molar-refractivity contribution in [3.8, 4) is 5.75 Å². The van der Waals surface area contributed by atoms with Crippen molar-refractivity contribution in [1.82, 2.24) is 0 Å². The second kappa shape index (κ2) is 4.96. The van der Waals surface area contributed by atoms with Gasteiger partial charge in [-0.3, -0.25) is 4.79 Å². The van der Waals surface area contributed by atoms with Crippen LogP contribution in [0.4, 0.5) is 0 Å². The van der Waals surface area contributed by atoms with Gasteiger partial charge in [0.25, 0.3) is 0 Å². The highest BCUT2D eigenvalue weighted by atomic mass is 16.5. The number of rotatable bonds is 4. The van der Waals surface area contributed by atoms with E-state index in [1.165, 1.54) is 7.11 Å². The molecule has 0 radical (unpaired) electrons. The molecule has 1 rings (SSSR count). The number of methoxy groups -OCH3 is 1. The first-order chi connectivity index (χ1) is 7.47. The Morgan fingerprint density at radius 2 is 2.12 bits per heavy atom. The molecular formula is C11H15NO4. The molecule has 0 saturated carbocycles. The fourth-order valence-electron chi connectivity index (χ4n) is 1.36. The number of benzene rings is 1. The topological polar surface area (TPSA) is 92.8 Å². The Kier molecular flexibility index (Phi) is 3.87. The summed E-state index contributed by atoms with van der Waals surface area (Å²) in [6.07, 6.45) is -1.24. The third-order valence-electron chi connectivity index (χ3n) is 2.40. The Hall–Kier alpha value is -1.59. The maximum atomic E-state index is 10.6. The molecule has 5 heteroatoms. The van der Waals surface area contributed by atoms with Crippen LogP contribution in [-0.4, -0.2) is 29.3 Å². The minimum Gasteiger partial charge on any atom is -0.496 e. The predicted octanol–water partition coefficient (Wildman–Crippen LogP) is 0.449. The van der Waals surface area contributed by atoms with E-state index in [0.717, 1.165) is 5.56 Å². The highest BCUT2D eigenvalue weighted by Gasteiger charge is 2.23. The number of ether oxygens (including phenoxy) is 1. The summed E-state index contributed by atoms with van der Waals surface area (Å²) in [5.74, 6) is -0.652. The van der Waals surface area contributed by atoms with E-state index in [1.54, 1.807) is 18.2 Å². The van der Waals surface area contributed by atoms with Gasteiger partial charge in [-0.1, -0.05) is 12.1 Å². The number of carboxylic acids is 1. The highest BCUT2D eigenvalue weighted by molar-refractivity contribution is 5.74. The van der Waals surface area contributed by atoms with Crippen LogP contribution in [-0.2, 0) is 4.79 Å². The zero-order valence-corrected chi connectivity index (χ0v) is 9.18. The molecule has 0 aliphatic heterocycles. The molecule has 0 amide bonds. The molecule has 0 aromatic heterocycles. The molecule has 0 fully saturated rings. The predicted molar refractivity (Wildman–Crippen MR) is 58.3 cm³/mol. The van der Waals surface area contributed by atoms with E-state index in [1.807, 2.05) is 6.92 Å². The molecule has 5 nitrogen and oxygen atoms in total. The van der Waals surface area contributed by atoms with Gasteiger partial charge in [0, 0.05) is 0 Å². The standard InChI is InChI=1S/C11H15NO4/c1-6-3-4-7(5-8(6)16-2)10(13)9(12)11(14)15/h3-5,9-10,13H,12H2,1-2H3,(H,14,15). The van der Waals surface area contributed by atoms with Crippen LogP contribution in [0.2, 0.25) is 0 Å². The van der Waals surface area contributed by atoms with Crippen LogP contribution < -0.4 is 10.5 Å². The van der Waals surface area contributed by atoms with Gasteiger partial charge in [-0.05, 0) is 24.1 Å². The summed E-state index contributed by atoms with van der Waals surface area (Å²) >= 11 is 0. The van der Waals surface area contributed by atoms with Crippen molar-refractivity contribution < 1.29 is 19.7 Å². The largest absolute Gasteiger partial charge is 0.496 e. The molecule has 1 aromatic carbocycles. The fraction of sp³-hybridized carbons (Fsp3) is 0.364. The van der Waals surface area contributed by atoms with E-state index in [4.69, 9.17) is 15.6 Å². The first kappa shape index (κ1) is 12.5. The number of carboxylic acid groups (broad SMARTS) is 1. The first-order valence-corrected chi connectivity index (χ1v) is 4.78. The maximum absolute atomic E-state index is 10.6. The van der Waals surface area contributed by atoms with Crippen LogP contribution >= 0.6 is 0 Å². The maximum Gasteiger partial charge on any atom is 0.323 e. The average Bonchev–Trinajstić information content (AvgIpc) is 2.27. The van der Waals surface area contributed by atoms with Crippen LogP contribution in [0.25, 0.3) is 0 Å². The molecule has 0 heterocycles. The SMILES string of the molecule is COc1cc(C(O)C(N)C(=O)O)ccc1C. The number of hydrogen-bond donors (Lipinski definition) is 3. The zero-order chi connectivity index (χ0) is 12.3. The molecule has 2 atom stereocenters. The van der Waals surface area contributed by atoms with Gasteiger partial charge in [-0.15, -0.1) is 0 Å². The van der Waals surface area contributed by atoms with E-state index in [2.05, 4.69) is 0 Å². The van der Waals surface area contributed by atoms with Gasteiger partial charge >= 0.3 is 5.97 Å². The second-order valence-electron chi connectivity index (χ2n) is 3.54. The van der Waals surface area contributed by atoms with E-state index >= 15 is 0 Å². The summed E-state index contributed by atoms with van der Waals surface area (Å²) in [6, 6.07) is 3.62. The van der Waals surface area contributed by atoms with Crippen LogP contribution in [0.3, 0.4) is 0 Å². The average molecular weight is 225 g/mol. The molecule has 1 aromatic rings. The Morgan fingerprint density at radius 1 is 1.50 bits per heavy atom. The van der Waals surface area contributed by atoms with Gasteiger partial charge < -0.3 is 20.7 Å². The van der Waals surface area contributed by atoms with E-state index in [-0.39, 0.29) is 0 Å². The van der Waals surface area contributed by atoms with Crippen molar-refractivity contribution in [3.05, 3.63) is 29.3 Å². The van der Waals surface area contributed by atoms with Gasteiger partial charge in [-0.25, -0.2) is 0 Å². The highest BCUT2D eigenvalue weighted by Crippen LogP contribution is 2.24. The van der Waals surface area contributed by atoms with E-state index < -0.39 is 18.1 Å². The number of hydrogen-bond acceptors (Lipinski definition) is 4. The minimum atomic E-state index is -1.34. The summed E-state index contributed by atoms with van der Waals surface area (Å²) in [5, 5.41) is 18.4. The number of aryl methyl sites for hydroxylation is 1. The summed E-state index contributed by atoms with van der Waals surface area (Å²) in [5.41, 5.74) is 6.66. The third-order valence-corrected chi connectivity index (χ3v) is 2.40. The molecule has 0 saturated heterocycles. The van der Waals surface area contributed by atoms with Crippen LogP contribution in [0.5, 0.6) is 5.75 Å². The molecular weight excluding hydrogens is 210 g/mol. The number of aliphatic hydroxyl groups excluding tert-OH is 1. The minimum absolute atomic E-state index is 0.428. The lowest BCUT2D eigenvalue weighted by atomic mass is 10.0. The second-order valence-corrected chi connectivity index (χ2v) is 3.54. The number of nitrogens with two attached hydrogens (primary N) is 1. The van der Waals surface area contributed by atoms with Crippen molar-refractivity contribution in [1.29, 1.82) is 0 Å². The van der Waals surface area contributed by atoms with Gasteiger partial charge in [0.1, 0.15) is 17.9 Å². The molecule has 88 valence electrons. The lowest BCUT2D eigenvalue weighted by Crippen LogP contribution is -2.36. The Morgan fingerprint density at radius 3 is 2.62 bits per heavy atom. The normalized spacial score (nSPS) is 14.2. The molecule has 2 unspecified atom stereocenters. The lowest BCUT2D eigenvalue weighted by Gasteiger charge is -2.16. The van der Waals surface area contributed by atoms with Gasteiger partial charge in [0.05, 0.1) is 7.11 Å². The van der Waals surface area contributed by atoms with Crippen LogP contribution in [0.15, 0.2) is 18.2 Å². The van der Waals surface area contributed by atoms with Crippen molar-refractivity contribution >= 4 is 5.97 Å². The molecule has 0 bridgehead atoms. The van der Waals surface area contributed by atoms with Crippen molar-refractivity contribution in [3.63, 3.8) is 0 Å². The lowest BCUT2D eigenvalue weighted by molar-refractivity contribution is -0.141. The molecule has 0 spiro atoms. The zero-order valence-electron chi connectivity index (χ0n) is 9.18. The Labute approximate surface area is 93.5 Å². The van der Waals surface area contributed by atoms with Crippen LogP contribution in [0, 0.1) is 6.92 Å². The molecule has 4 N–H and O–H groups in total. The summed E-state index contributed by atoms with van der Waals surface area (Å²) < 4.78 is 5.08. The third kappa shape index (κ3) is 2.50. The van der Waals surface area contributed by atoms with Gasteiger partial charge in [0.2, 0.25) is 0 Å². The Balaban J connectivity index is 3.00. The van der Waals surface area contributed by atoms with Crippen molar-refractivity contribution in [2.75, 3.05) is 7.11 Å². The molecule has 16 heavy (non-hydrogen) atoms. The van der Waals surface area contributed by atoms with E-state index in [9.17, 15) is 9.90 Å². The fourth-order valence-corrected chi connectivity index (χ4v) is 1.36. The quantitative estimate of drug-likeness (QED) is 0.691. The smallest absolute Gasteiger partial charge is 0.323 e. The number of aliphatic hydroxyl groups is 1. The van der Waals surface area contributed by atoms with E-state index in [0.29, 0.717) is 11.3 Å². The van der Waals surface area contributed by atoms with Crippen molar-refractivity contribution in [2.24, 2.45) is 5.73 Å². The van der Waals surface area contributed by atoms with Gasteiger partial charge in [-0.2, -0.15) is 0 Å². The summed E-state index contributed by atoms with van der Waals surface area (Å²) in [6.45, 7) is 1.85. The Bertz CT molecular complexity index is 392. The van der Waals surface area contributed by atoms with Gasteiger partial charge in [0.15, 0.2) is 0 Å². The van der Waals surface area contributed by atoms with Crippen molar-refractivity contribution in [2.45, 2.75) is 19.1 Å². The summed E-state index contributed by atoms with van der Waals surface area (Å²) in [7, 11) is 1.51. The molecule has 0 aliphatic rings.